The Morgan fingerprint density at radius 3 is 2.76 bits per heavy atom. The summed E-state index contributed by atoms with van der Waals surface area (Å²) < 4.78 is 1.58. The number of hydrogen-bond donors (Lipinski definition) is 3. The molecular formula is C13H19N7O. The second kappa shape index (κ2) is 6.31. The second-order valence-corrected chi connectivity index (χ2v) is 4.98. The summed E-state index contributed by atoms with van der Waals surface area (Å²) in [6, 6.07) is 3.36. The van der Waals surface area contributed by atoms with E-state index in [2.05, 4.69) is 25.8 Å². The molecule has 2 heterocycles. The number of carbonyl (C=O) groups is 1. The van der Waals surface area contributed by atoms with E-state index in [1.165, 1.54) is 0 Å². The third-order valence-corrected chi connectivity index (χ3v) is 2.90. The predicted octanol–water partition coefficient (Wildman–Crippen LogP) is 0.549. The summed E-state index contributed by atoms with van der Waals surface area (Å²) in [6.45, 7) is 4.27. The highest BCUT2D eigenvalue weighted by molar-refractivity contribution is 5.94. The van der Waals surface area contributed by atoms with Crippen LogP contribution in [-0.4, -0.2) is 25.7 Å². The van der Waals surface area contributed by atoms with Crippen LogP contribution in [0.15, 0.2) is 18.5 Å². The number of anilines is 1. The van der Waals surface area contributed by atoms with E-state index >= 15 is 0 Å². The molecule has 21 heavy (non-hydrogen) atoms. The Kier molecular flexibility index (Phi) is 4.49. The van der Waals surface area contributed by atoms with Gasteiger partial charge in [0.2, 0.25) is 0 Å². The summed E-state index contributed by atoms with van der Waals surface area (Å²) in [7, 11) is 1.77. The Labute approximate surface area is 122 Å². The number of aromatic nitrogens is 4. The first-order valence-corrected chi connectivity index (χ1v) is 6.61. The van der Waals surface area contributed by atoms with E-state index in [0.29, 0.717) is 17.2 Å². The molecule has 2 aromatic rings. The van der Waals surface area contributed by atoms with Gasteiger partial charge in [0.25, 0.3) is 5.91 Å². The summed E-state index contributed by atoms with van der Waals surface area (Å²) in [5.74, 6) is 6.38. The number of nitrogens with zero attached hydrogens (tertiary/aromatic N) is 4. The van der Waals surface area contributed by atoms with Crippen molar-refractivity contribution in [2.45, 2.75) is 26.3 Å². The molecule has 0 bridgehead atoms. The van der Waals surface area contributed by atoms with Crippen LogP contribution in [0.2, 0.25) is 0 Å². The zero-order valence-corrected chi connectivity index (χ0v) is 12.3. The normalized spacial score (nSPS) is 10.7. The number of carbonyl (C=O) groups excluding carboxylic acids is 1. The molecule has 4 N–H and O–H groups in total. The number of nitrogen functional groups attached to an aromatic ring is 1. The summed E-state index contributed by atoms with van der Waals surface area (Å²) in [5.41, 5.74) is 3.77. The van der Waals surface area contributed by atoms with Crippen LogP contribution < -0.4 is 16.6 Å². The Bertz CT molecular complexity index is 635. The predicted molar refractivity (Wildman–Crippen MR) is 78.3 cm³/mol. The van der Waals surface area contributed by atoms with Crippen LogP contribution in [0, 0.1) is 0 Å². The Hall–Kier alpha value is -2.48. The van der Waals surface area contributed by atoms with Crippen molar-refractivity contribution in [1.82, 2.24) is 25.1 Å². The molecule has 0 saturated heterocycles. The number of hydrazine groups is 1. The van der Waals surface area contributed by atoms with Gasteiger partial charge in [-0.25, -0.2) is 15.8 Å². The number of rotatable bonds is 5. The van der Waals surface area contributed by atoms with Gasteiger partial charge in [-0.3, -0.25) is 9.48 Å². The fourth-order valence-electron chi connectivity index (χ4n) is 1.78. The monoisotopic (exact) mass is 289 g/mol. The maximum Gasteiger partial charge on any atom is 0.251 e. The highest BCUT2D eigenvalue weighted by Crippen LogP contribution is 2.17. The summed E-state index contributed by atoms with van der Waals surface area (Å²) in [6.07, 6.45) is 1.58. The fraction of sp³-hybridized carbons (Fsp3) is 0.385. The van der Waals surface area contributed by atoms with E-state index in [4.69, 9.17) is 5.84 Å². The number of amides is 1. The number of aryl methyl sites for hydroxylation is 1. The lowest BCUT2D eigenvalue weighted by molar-refractivity contribution is 0.0949. The van der Waals surface area contributed by atoms with Crippen molar-refractivity contribution in [2.75, 3.05) is 5.43 Å². The van der Waals surface area contributed by atoms with Crippen molar-refractivity contribution in [1.29, 1.82) is 0 Å². The molecule has 0 spiro atoms. The number of nitrogens with two attached hydrogens (primary N) is 1. The maximum atomic E-state index is 12.2. The molecular weight excluding hydrogens is 270 g/mol. The van der Waals surface area contributed by atoms with Crippen LogP contribution in [0.5, 0.6) is 0 Å². The molecule has 0 atom stereocenters. The third kappa shape index (κ3) is 3.76. The molecule has 0 aromatic carbocycles. The van der Waals surface area contributed by atoms with E-state index in [-0.39, 0.29) is 18.4 Å². The second-order valence-electron chi connectivity index (χ2n) is 4.98. The van der Waals surface area contributed by atoms with E-state index in [0.717, 1.165) is 5.69 Å². The number of nitrogens with one attached hydrogen (secondary N) is 2. The lowest BCUT2D eigenvalue weighted by Crippen LogP contribution is -2.24. The van der Waals surface area contributed by atoms with Gasteiger partial charge in [0.1, 0.15) is 12.1 Å². The summed E-state index contributed by atoms with van der Waals surface area (Å²) in [5, 5.41) is 6.87. The van der Waals surface area contributed by atoms with Crippen molar-refractivity contribution < 1.29 is 4.79 Å². The highest BCUT2D eigenvalue weighted by Gasteiger charge is 2.12. The van der Waals surface area contributed by atoms with Crippen molar-refractivity contribution in [3.05, 3.63) is 35.5 Å². The van der Waals surface area contributed by atoms with Gasteiger partial charge >= 0.3 is 0 Å². The molecule has 112 valence electrons. The topological polar surface area (TPSA) is 111 Å². The largest absolute Gasteiger partial charge is 0.345 e. The van der Waals surface area contributed by atoms with Gasteiger partial charge in [0.05, 0.1) is 6.54 Å². The van der Waals surface area contributed by atoms with Crippen molar-refractivity contribution in [2.24, 2.45) is 12.9 Å². The van der Waals surface area contributed by atoms with Crippen LogP contribution in [0.4, 0.5) is 5.82 Å². The molecule has 1 amide bonds. The minimum Gasteiger partial charge on any atom is -0.345 e. The van der Waals surface area contributed by atoms with Gasteiger partial charge in [-0.2, -0.15) is 5.10 Å². The minimum atomic E-state index is -0.219. The smallest absolute Gasteiger partial charge is 0.251 e. The third-order valence-electron chi connectivity index (χ3n) is 2.90. The molecule has 0 unspecified atom stereocenters. The van der Waals surface area contributed by atoms with Crippen molar-refractivity contribution >= 4 is 11.7 Å². The van der Waals surface area contributed by atoms with Crippen LogP contribution in [0.1, 0.15) is 41.6 Å². The van der Waals surface area contributed by atoms with Gasteiger partial charge in [-0.05, 0) is 18.1 Å². The Morgan fingerprint density at radius 2 is 2.19 bits per heavy atom. The van der Waals surface area contributed by atoms with E-state index in [1.807, 2.05) is 13.8 Å². The first-order chi connectivity index (χ1) is 9.99. The Balaban J connectivity index is 2.12. The van der Waals surface area contributed by atoms with Crippen LogP contribution in [-0.2, 0) is 13.6 Å². The Morgan fingerprint density at radius 1 is 1.43 bits per heavy atom. The zero-order chi connectivity index (χ0) is 15.4. The molecule has 0 saturated carbocycles. The standard InChI is InChI=1S/C13H19N7O/c1-8(2)10-4-9(5-11(17-10)18-14)13(21)15-6-12-16-7-20(3)19-12/h4-5,7-8H,6,14H2,1-3H3,(H,15,21)(H,17,18). The average Bonchev–Trinajstić information content (AvgIpc) is 2.89. The first kappa shape index (κ1) is 14.9. The SMILES string of the molecule is CC(C)c1cc(C(=O)NCc2ncn(C)n2)cc(NN)n1. The van der Waals surface area contributed by atoms with Gasteiger partial charge in [0.15, 0.2) is 5.82 Å². The van der Waals surface area contributed by atoms with Crippen LogP contribution in [0.25, 0.3) is 0 Å². The molecule has 0 aliphatic heterocycles. The van der Waals surface area contributed by atoms with Gasteiger partial charge in [0, 0.05) is 18.3 Å². The van der Waals surface area contributed by atoms with Crippen molar-refractivity contribution in [3.8, 4) is 0 Å². The molecule has 0 radical (unpaired) electrons. The van der Waals surface area contributed by atoms with Gasteiger partial charge in [-0.1, -0.05) is 13.8 Å². The summed E-state index contributed by atoms with van der Waals surface area (Å²) >= 11 is 0. The molecule has 8 nitrogen and oxygen atoms in total. The summed E-state index contributed by atoms with van der Waals surface area (Å²) in [4.78, 5) is 20.6. The van der Waals surface area contributed by atoms with Crippen LogP contribution in [0.3, 0.4) is 0 Å². The first-order valence-electron chi connectivity index (χ1n) is 6.61. The lowest BCUT2D eigenvalue weighted by Gasteiger charge is -2.10. The van der Waals surface area contributed by atoms with Gasteiger partial charge in [-0.15, -0.1) is 0 Å². The van der Waals surface area contributed by atoms with Crippen molar-refractivity contribution in [3.63, 3.8) is 0 Å². The minimum absolute atomic E-state index is 0.197. The average molecular weight is 289 g/mol. The number of hydrogen-bond acceptors (Lipinski definition) is 6. The molecule has 0 aliphatic carbocycles. The molecule has 0 fully saturated rings. The quantitative estimate of drug-likeness (QED) is 0.547. The van der Waals surface area contributed by atoms with E-state index in [1.54, 1.807) is 30.2 Å². The zero-order valence-electron chi connectivity index (χ0n) is 12.3. The van der Waals surface area contributed by atoms with E-state index < -0.39 is 0 Å². The molecule has 2 aromatic heterocycles. The fourth-order valence-corrected chi connectivity index (χ4v) is 1.78. The molecule has 2 rings (SSSR count). The van der Waals surface area contributed by atoms with Crippen LogP contribution >= 0.6 is 0 Å². The highest BCUT2D eigenvalue weighted by atomic mass is 16.1. The van der Waals surface area contributed by atoms with Gasteiger partial charge < -0.3 is 10.7 Å². The maximum absolute atomic E-state index is 12.2. The molecule has 8 heteroatoms. The van der Waals surface area contributed by atoms with E-state index in [9.17, 15) is 4.79 Å². The lowest BCUT2D eigenvalue weighted by atomic mass is 10.1. The molecule has 0 aliphatic rings. The number of pyridine rings is 1.